The number of aliphatic hydroxyl groups is 1. The smallest absolute Gasteiger partial charge is 0.251 e. The molecule has 5 heteroatoms. The van der Waals surface area contributed by atoms with Crippen LogP contribution in [0.15, 0.2) is 48.5 Å². The number of piperidine rings is 1. The third-order valence-corrected chi connectivity index (χ3v) is 6.20. The molecule has 0 spiro atoms. The molecule has 2 aromatic rings. The van der Waals surface area contributed by atoms with Gasteiger partial charge in [-0.05, 0) is 61.2 Å². The zero-order valence-corrected chi connectivity index (χ0v) is 17.0. The van der Waals surface area contributed by atoms with Crippen LogP contribution in [0.2, 0.25) is 0 Å². The third-order valence-electron chi connectivity index (χ3n) is 6.20. The summed E-state index contributed by atoms with van der Waals surface area (Å²) in [5, 5.41) is 12.5. The Morgan fingerprint density at radius 3 is 2.45 bits per heavy atom. The molecule has 2 aromatic carbocycles. The van der Waals surface area contributed by atoms with Crippen LogP contribution in [0.1, 0.15) is 47.2 Å². The Hall–Kier alpha value is -2.37. The van der Waals surface area contributed by atoms with Crippen molar-refractivity contribution in [2.75, 3.05) is 31.1 Å². The van der Waals surface area contributed by atoms with Gasteiger partial charge in [0.05, 0.1) is 6.61 Å². The van der Waals surface area contributed by atoms with Crippen molar-refractivity contribution in [1.29, 1.82) is 0 Å². The van der Waals surface area contributed by atoms with Crippen molar-refractivity contribution in [3.05, 3.63) is 65.2 Å². The van der Waals surface area contributed by atoms with E-state index < -0.39 is 0 Å². The summed E-state index contributed by atoms with van der Waals surface area (Å²) in [7, 11) is 0. The minimum atomic E-state index is -0.0152. The van der Waals surface area contributed by atoms with Crippen molar-refractivity contribution in [3.8, 4) is 0 Å². The molecular formula is C24H31N3O2. The van der Waals surface area contributed by atoms with Crippen LogP contribution in [0.3, 0.4) is 0 Å². The van der Waals surface area contributed by atoms with Crippen LogP contribution in [0.5, 0.6) is 0 Å². The van der Waals surface area contributed by atoms with Gasteiger partial charge in [0.1, 0.15) is 0 Å². The molecule has 5 nitrogen and oxygen atoms in total. The van der Waals surface area contributed by atoms with E-state index in [4.69, 9.17) is 0 Å². The Morgan fingerprint density at radius 1 is 1.03 bits per heavy atom. The summed E-state index contributed by atoms with van der Waals surface area (Å²) in [6.45, 7) is 4.73. The molecule has 2 aliphatic heterocycles. The van der Waals surface area contributed by atoms with Crippen molar-refractivity contribution < 1.29 is 9.90 Å². The zero-order valence-electron chi connectivity index (χ0n) is 17.0. The molecule has 29 heavy (non-hydrogen) atoms. The Kier molecular flexibility index (Phi) is 6.47. The number of hydrogen-bond acceptors (Lipinski definition) is 4. The highest BCUT2D eigenvalue weighted by atomic mass is 16.3. The van der Waals surface area contributed by atoms with Crippen LogP contribution in [0, 0.1) is 0 Å². The maximum atomic E-state index is 12.4. The lowest BCUT2D eigenvalue weighted by Crippen LogP contribution is -2.43. The topological polar surface area (TPSA) is 55.8 Å². The van der Waals surface area contributed by atoms with Crippen molar-refractivity contribution >= 4 is 11.6 Å². The average Bonchev–Trinajstić information content (AvgIpc) is 3.21. The lowest BCUT2D eigenvalue weighted by Gasteiger charge is -2.34. The lowest BCUT2D eigenvalue weighted by molar-refractivity contribution is 0.0868. The lowest BCUT2D eigenvalue weighted by atomic mass is 10.0. The molecule has 1 saturated heterocycles. The zero-order chi connectivity index (χ0) is 20.1. The maximum absolute atomic E-state index is 12.4. The molecule has 0 radical (unpaired) electrons. The van der Waals surface area contributed by atoms with Gasteiger partial charge in [0.15, 0.2) is 0 Å². The summed E-state index contributed by atoms with van der Waals surface area (Å²) in [4.78, 5) is 17.1. The SMILES string of the molecule is O=C(NCCCN1CCCC[C@H]1CO)c1ccc(N2Cc3ccccc3C2)cc1. The predicted molar refractivity (Wildman–Crippen MR) is 116 cm³/mol. The van der Waals surface area contributed by atoms with Crippen LogP contribution in [0.4, 0.5) is 5.69 Å². The fourth-order valence-electron chi connectivity index (χ4n) is 4.49. The number of amides is 1. The molecule has 0 aliphatic carbocycles. The first-order valence-corrected chi connectivity index (χ1v) is 10.8. The summed E-state index contributed by atoms with van der Waals surface area (Å²) in [5.41, 5.74) is 4.62. The summed E-state index contributed by atoms with van der Waals surface area (Å²) < 4.78 is 0. The van der Waals surface area contributed by atoms with Gasteiger partial charge in [-0.25, -0.2) is 0 Å². The van der Waals surface area contributed by atoms with Gasteiger partial charge in [-0.1, -0.05) is 30.7 Å². The molecule has 0 aromatic heterocycles. The molecule has 2 aliphatic rings. The standard InChI is InChI=1S/C24H31N3O2/c28-18-23-8-3-4-14-26(23)15-5-13-25-24(29)19-9-11-22(12-10-19)27-16-20-6-1-2-7-21(20)17-27/h1-2,6-7,9-12,23,28H,3-5,8,13-18H2,(H,25,29)/t23-/m0/s1. The number of nitrogens with one attached hydrogen (secondary N) is 1. The van der Waals surface area contributed by atoms with E-state index in [0.717, 1.165) is 44.7 Å². The van der Waals surface area contributed by atoms with Crippen molar-refractivity contribution in [3.63, 3.8) is 0 Å². The van der Waals surface area contributed by atoms with E-state index >= 15 is 0 Å². The molecule has 0 bridgehead atoms. The van der Waals surface area contributed by atoms with Gasteiger partial charge in [0.2, 0.25) is 0 Å². The van der Waals surface area contributed by atoms with Gasteiger partial charge >= 0.3 is 0 Å². The average molecular weight is 394 g/mol. The maximum Gasteiger partial charge on any atom is 0.251 e. The number of nitrogens with zero attached hydrogens (tertiary/aromatic N) is 2. The highest BCUT2D eigenvalue weighted by molar-refractivity contribution is 5.94. The predicted octanol–water partition coefficient (Wildman–Crippen LogP) is 3.17. The van der Waals surface area contributed by atoms with E-state index in [0.29, 0.717) is 18.2 Å². The number of benzene rings is 2. The van der Waals surface area contributed by atoms with Crippen LogP contribution in [0.25, 0.3) is 0 Å². The summed E-state index contributed by atoms with van der Waals surface area (Å²) in [6.07, 6.45) is 4.40. The monoisotopic (exact) mass is 393 g/mol. The van der Waals surface area contributed by atoms with Crippen LogP contribution in [-0.2, 0) is 13.1 Å². The first kappa shape index (κ1) is 19.9. The molecule has 0 saturated carbocycles. The van der Waals surface area contributed by atoms with Gasteiger partial charge in [-0.15, -0.1) is 0 Å². The number of fused-ring (bicyclic) bond motifs is 1. The largest absolute Gasteiger partial charge is 0.395 e. The first-order chi connectivity index (χ1) is 14.2. The second-order valence-electron chi connectivity index (χ2n) is 8.15. The van der Waals surface area contributed by atoms with Gasteiger partial charge in [-0.2, -0.15) is 0 Å². The molecule has 0 unspecified atom stereocenters. The van der Waals surface area contributed by atoms with Gasteiger partial charge in [0.25, 0.3) is 5.91 Å². The molecular weight excluding hydrogens is 362 g/mol. The molecule has 1 atom stereocenters. The number of carbonyl (C=O) groups is 1. The number of rotatable bonds is 7. The Balaban J connectivity index is 1.23. The second-order valence-corrected chi connectivity index (χ2v) is 8.15. The van der Waals surface area contributed by atoms with Crippen LogP contribution in [-0.4, -0.2) is 48.2 Å². The Bertz CT molecular complexity index is 796. The quantitative estimate of drug-likeness (QED) is 0.710. The molecule has 1 fully saturated rings. The van der Waals surface area contributed by atoms with E-state index in [1.165, 1.54) is 24.0 Å². The van der Waals surface area contributed by atoms with Crippen molar-refractivity contribution in [1.82, 2.24) is 10.2 Å². The van der Waals surface area contributed by atoms with Gasteiger partial charge < -0.3 is 15.3 Å². The first-order valence-electron chi connectivity index (χ1n) is 10.8. The van der Waals surface area contributed by atoms with Crippen molar-refractivity contribution in [2.24, 2.45) is 0 Å². The highest BCUT2D eigenvalue weighted by Crippen LogP contribution is 2.28. The molecule has 2 N–H and O–H groups in total. The summed E-state index contributed by atoms with van der Waals surface area (Å²) in [6, 6.07) is 16.8. The number of carbonyl (C=O) groups excluding carboxylic acids is 1. The van der Waals surface area contributed by atoms with Crippen LogP contribution < -0.4 is 10.2 Å². The van der Waals surface area contributed by atoms with Crippen molar-refractivity contribution in [2.45, 2.75) is 44.8 Å². The summed E-state index contributed by atoms with van der Waals surface area (Å²) >= 11 is 0. The van der Waals surface area contributed by atoms with Gasteiger partial charge in [-0.3, -0.25) is 9.69 Å². The number of hydrogen-bond donors (Lipinski definition) is 2. The Morgan fingerprint density at radius 2 is 1.76 bits per heavy atom. The molecule has 1 amide bonds. The number of likely N-dealkylation sites (tertiary alicyclic amines) is 1. The van der Waals surface area contributed by atoms with Crippen LogP contribution >= 0.6 is 0 Å². The molecule has 154 valence electrons. The van der Waals surface area contributed by atoms with E-state index in [9.17, 15) is 9.90 Å². The molecule has 4 rings (SSSR count). The Labute approximate surface area is 173 Å². The normalized spacial score (nSPS) is 19.2. The fraction of sp³-hybridized carbons (Fsp3) is 0.458. The van der Waals surface area contributed by atoms with E-state index in [2.05, 4.69) is 39.4 Å². The minimum absolute atomic E-state index is 0.0152. The highest BCUT2D eigenvalue weighted by Gasteiger charge is 2.21. The number of aliphatic hydroxyl groups excluding tert-OH is 1. The fourth-order valence-corrected chi connectivity index (χ4v) is 4.49. The third kappa shape index (κ3) is 4.80. The van der Waals surface area contributed by atoms with E-state index in [1.807, 2.05) is 24.3 Å². The minimum Gasteiger partial charge on any atom is -0.395 e. The second kappa shape index (κ2) is 9.42. The summed E-state index contributed by atoms with van der Waals surface area (Å²) in [5.74, 6) is -0.0152. The number of anilines is 1. The molecule has 2 heterocycles. The van der Waals surface area contributed by atoms with E-state index in [1.54, 1.807) is 0 Å². The van der Waals surface area contributed by atoms with E-state index in [-0.39, 0.29) is 12.5 Å². The van der Waals surface area contributed by atoms with Gasteiger partial charge in [0, 0.05) is 43.5 Å².